The molecule has 2 N–H and O–H groups in total. The van der Waals surface area contributed by atoms with Crippen molar-refractivity contribution in [3.05, 3.63) is 62.4 Å². The molecule has 3 rings (SSSR count). The van der Waals surface area contributed by atoms with E-state index >= 15 is 0 Å². The van der Waals surface area contributed by atoms with Gasteiger partial charge in [-0.25, -0.2) is 4.79 Å². The number of Topliss-reactive ketones (excluding diaryl/α,β-unsaturated/α-hetero) is 1. The molecule has 1 aromatic heterocycles. The number of nitrogens with one attached hydrogen (secondary N) is 1. The van der Waals surface area contributed by atoms with Crippen LogP contribution in [0.4, 0.5) is 0 Å². The average molecular weight is 546 g/mol. The molecule has 0 saturated carbocycles. The van der Waals surface area contributed by atoms with Gasteiger partial charge in [0.05, 0.1) is 18.2 Å². The highest BCUT2D eigenvalue weighted by Crippen LogP contribution is 2.41. The first-order valence-electron chi connectivity index (χ1n) is 11.8. The Kier molecular flexibility index (Phi) is 8.56. The topological polar surface area (TPSA) is 103 Å². The van der Waals surface area contributed by atoms with E-state index in [1.807, 2.05) is 38.1 Å². The van der Waals surface area contributed by atoms with Gasteiger partial charge < -0.3 is 24.6 Å². The van der Waals surface area contributed by atoms with Gasteiger partial charge in [-0.2, -0.15) is 0 Å². The number of amides is 1. The summed E-state index contributed by atoms with van der Waals surface area (Å²) in [6.07, 6.45) is 0. The van der Waals surface area contributed by atoms with Crippen molar-refractivity contribution in [1.29, 1.82) is 0 Å². The molecule has 2 aromatic rings. The second-order valence-corrected chi connectivity index (χ2v) is 9.34. The van der Waals surface area contributed by atoms with Gasteiger partial charge in [0, 0.05) is 28.8 Å². The molecule has 35 heavy (non-hydrogen) atoms. The smallest absolute Gasteiger partial charge is 0.355 e. The molecule has 1 fully saturated rings. The molecule has 0 bridgehead atoms. The van der Waals surface area contributed by atoms with Crippen LogP contribution in [0.1, 0.15) is 59.7 Å². The van der Waals surface area contributed by atoms with Gasteiger partial charge in [0.25, 0.3) is 11.7 Å². The van der Waals surface area contributed by atoms with Crippen molar-refractivity contribution in [2.24, 2.45) is 0 Å². The maximum atomic E-state index is 13.3. The molecule has 1 unspecified atom stereocenters. The van der Waals surface area contributed by atoms with Crippen molar-refractivity contribution in [2.75, 3.05) is 32.8 Å². The van der Waals surface area contributed by atoms with Crippen LogP contribution in [-0.2, 0) is 14.3 Å². The Morgan fingerprint density at radius 3 is 2.49 bits per heavy atom. The molecule has 0 radical (unpaired) electrons. The summed E-state index contributed by atoms with van der Waals surface area (Å²) in [6, 6.07) is 6.60. The zero-order chi connectivity index (χ0) is 25.9. The number of likely N-dealkylation sites (tertiary alicyclic amines) is 1. The van der Waals surface area contributed by atoms with E-state index in [2.05, 4.69) is 25.8 Å². The van der Waals surface area contributed by atoms with Gasteiger partial charge in [-0.05, 0) is 57.1 Å². The van der Waals surface area contributed by atoms with Crippen LogP contribution in [0.15, 0.2) is 34.3 Å². The minimum atomic E-state index is -0.761. The first-order chi connectivity index (χ1) is 16.7. The standard InChI is InChI=1S/C26H32BrN3O5/c1-6-29(7-2)12-13-30-22(17-10-9-11-18(27)14-17)20(24(32)25(30)33)23(31)19-15(4)21(28-16(19)5)26(34)35-8-3/h9-11,14,22,28,31H,6-8,12-13H2,1-5H3. The molecule has 1 amide bonds. The molecule has 0 spiro atoms. The molecule has 1 saturated heterocycles. The van der Waals surface area contributed by atoms with Crippen LogP contribution < -0.4 is 0 Å². The van der Waals surface area contributed by atoms with Crippen molar-refractivity contribution < 1.29 is 24.2 Å². The molecule has 2 heterocycles. The van der Waals surface area contributed by atoms with E-state index in [-0.39, 0.29) is 23.6 Å². The number of ether oxygens (including phenoxy) is 1. The number of hydrogen-bond acceptors (Lipinski definition) is 6. The summed E-state index contributed by atoms with van der Waals surface area (Å²) >= 11 is 3.47. The number of H-pyrrole nitrogens is 1. The SMILES string of the molecule is CCOC(=O)c1[nH]c(C)c(C(O)=C2C(=O)C(=O)N(CCN(CC)CC)C2c2cccc(Br)c2)c1C. The predicted molar refractivity (Wildman–Crippen MR) is 137 cm³/mol. The van der Waals surface area contributed by atoms with Crippen LogP contribution in [0.25, 0.3) is 5.76 Å². The Morgan fingerprint density at radius 1 is 1.20 bits per heavy atom. The second kappa shape index (κ2) is 11.2. The molecule has 9 heteroatoms. The number of aliphatic hydroxyl groups is 1. The number of aryl methyl sites for hydroxylation is 1. The van der Waals surface area contributed by atoms with Crippen LogP contribution in [0.2, 0.25) is 0 Å². The Balaban J connectivity index is 2.17. The van der Waals surface area contributed by atoms with E-state index < -0.39 is 23.7 Å². The third kappa shape index (κ3) is 5.21. The lowest BCUT2D eigenvalue weighted by atomic mass is 9.94. The van der Waals surface area contributed by atoms with Crippen LogP contribution >= 0.6 is 15.9 Å². The lowest BCUT2D eigenvalue weighted by molar-refractivity contribution is -0.140. The largest absolute Gasteiger partial charge is 0.507 e. The van der Waals surface area contributed by atoms with Gasteiger partial charge >= 0.3 is 5.97 Å². The molecule has 8 nitrogen and oxygen atoms in total. The van der Waals surface area contributed by atoms with Crippen LogP contribution in [0.5, 0.6) is 0 Å². The normalized spacial score (nSPS) is 17.5. The van der Waals surface area contributed by atoms with E-state index in [4.69, 9.17) is 4.74 Å². The third-order valence-electron chi connectivity index (χ3n) is 6.41. The van der Waals surface area contributed by atoms with Crippen molar-refractivity contribution >= 4 is 39.3 Å². The summed E-state index contributed by atoms with van der Waals surface area (Å²) in [5.74, 6) is -2.25. The Morgan fingerprint density at radius 2 is 1.89 bits per heavy atom. The number of nitrogens with zero attached hydrogens (tertiary/aromatic N) is 2. The average Bonchev–Trinajstić information content (AvgIpc) is 3.26. The van der Waals surface area contributed by atoms with Crippen LogP contribution in [-0.4, -0.2) is 70.3 Å². The summed E-state index contributed by atoms with van der Waals surface area (Å²) in [5, 5.41) is 11.5. The minimum absolute atomic E-state index is 0.00764. The van der Waals surface area contributed by atoms with E-state index in [0.717, 1.165) is 17.6 Å². The van der Waals surface area contributed by atoms with E-state index in [1.54, 1.807) is 20.8 Å². The lowest BCUT2D eigenvalue weighted by Gasteiger charge is -2.28. The Bertz CT molecular complexity index is 1170. The lowest BCUT2D eigenvalue weighted by Crippen LogP contribution is -2.38. The number of carbonyl (C=O) groups excluding carboxylic acids is 3. The van der Waals surface area contributed by atoms with Crippen LogP contribution in [0, 0.1) is 13.8 Å². The maximum Gasteiger partial charge on any atom is 0.355 e. The molecule has 1 aliphatic heterocycles. The highest BCUT2D eigenvalue weighted by molar-refractivity contribution is 9.10. The van der Waals surface area contributed by atoms with Crippen LogP contribution in [0.3, 0.4) is 0 Å². The minimum Gasteiger partial charge on any atom is -0.507 e. The van der Waals surface area contributed by atoms with Gasteiger partial charge in [0.15, 0.2) is 0 Å². The highest BCUT2D eigenvalue weighted by Gasteiger charge is 2.46. The molecule has 1 atom stereocenters. The number of rotatable bonds is 9. The number of hydrogen-bond donors (Lipinski definition) is 2. The number of benzene rings is 1. The van der Waals surface area contributed by atoms with Crippen molar-refractivity contribution in [3.8, 4) is 0 Å². The summed E-state index contributed by atoms with van der Waals surface area (Å²) < 4.78 is 5.90. The Hall–Kier alpha value is -2.91. The zero-order valence-electron chi connectivity index (χ0n) is 20.8. The molecular formula is C26H32BrN3O5. The summed E-state index contributed by atoms with van der Waals surface area (Å²) in [7, 11) is 0. The molecule has 188 valence electrons. The van der Waals surface area contributed by atoms with E-state index in [1.165, 1.54) is 4.90 Å². The number of ketones is 1. The van der Waals surface area contributed by atoms with E-state index in [9.17, 15) is 19.5 Å². The maximum absolute atomic E-state index is 13.3. The number of carbonyl (C=O) groups is 3. The quantitative estimate of drug-likeness (QED) is 0.210. The number of likely N-dealkylation sites (N-methyl/N-ethyl adjacent to an activating group) is 1. The number of aliphatic hydroxyl groups excluding tert-OH is 1. The van der Waals surface area contributed by atoms with Gasteiger partial charge in [-0.1, -0.05) is 41.9 Å². The fourth-order valence-corrected chi connectivity index (χ4v) is 4.99. The predicted octanol–water partition coefficient (Wildman–Crippen LogP) is 4.33. The first-order valence-corrected chi connectivity index (χ1v) is 12.6. The monoisotopic (exact) mass is 545 g/mol. The second-order valence-electron chi connectivity index (χ2n) is 8.42. The van der Waals surface area contributed by atoms with Crippen molar-refractivity contribution in [3.63, 3.8) is 0 Å². The highest BCUT2D eigenvalue weighted by atomic mass is 79.9. The number of halogens is 1. The van der Waals surface area contributed by atoms with Gasteiger partial charge in [-0.3, -0.25) is 9.59 Å². The Labute approximate surface area is 214 Å². The summed E-state index contributed by atoms with van der Waals surface area (Å²) in [6.45, 7) is 12.0. The number of esters is 1. The molecular weight excluding hydrogens is 514 g/mol. The first kappa shape index (κ1) is 26.7. The van der Waals surface area contributed by atoms with Gasteiger partial charge in [0.1, 0.15) is 11.5 Å². The summed E-state index contributed by atoms with van der Waals surface area (Å²) in [4.78, 5) is 45.6. The fourth-order valence-electron chi connectivity index (χ4n) is 4.57. The zero-order valence-corrected chi connectivity index (χ0v) is 22.4. The van der Waals surface area contributed by atoms with Gasteiger partial charge in [-0.15, -0.1) is 0 Å². The molecule has 1 aromatic carbocycles. The van der Waals surface area contributed by atoms with Gasteiger partial charge in [0.2, 0.25) is 0 Å². The third-order valence-corrected chi connectivity index (χ3v) is 6.90. The van der Waals surface area contributed by atoms with E-state index in [0.29, 0.717) is 35.5 Å². The van der Waals surface area contributed by atoms with Crippen molar-refractivity contribution in [2.45, 2.75) is 40.7 Å². The number of aromatic amines is 1. The molecule has 1 aliphatic rings. The molecule has 0 aliphatic carbocycles. The van der Waals surface area contributed by atoms with Crippen molar-refractivity contribution in [1.82, 2.24) is 14.8 Å². The fraction of sp³-hybridized carbons (Fsp3) is 0.423. The number of aromatic nitrogens is 1. The summed E-state index contributed by atoms with van der Waals surface area (Å²) in [5.41, 5.74) is 2.21.